The number of rotatable bonds is 13. The van der Waals surface area contributed by atoms with E-state index in [0.29, 0.717) is 19.6 Å². The number of methoxy groups -OCH3 is 1. The number of hydrogen-bond acceptors (Lipinski definition) is 5. The Hall–Kier alpha value is -4.24. The maximum Gasteiger partial charge on any atom is 0.238 e. The zero-order valence-electron chi connectivity index (χ0n) is 24.7. The van der Waals surface area contributed by atoms with Gasteiger partial charge in [0.1, 0.15) is 11.6 Å². The van der Waals surface area contributed by atoms with Crippen molar-refractivity contribution in [3.8, 4) is 28.4 Å². The topological polar surface area (TPSA) is 90.5 Å². The lowest BCUT2D eigenvalue weighted by Gasteiger charge is -2.25. The van der Waals surface area contributed by atoms with Gasteiger partial charge in [-0.05, 0) is 41.8 Å². The first-order chi connectivity index (χ1) is 20.9. The molecular formula is C35H38N4O3S. The fourth-order valence-corrected chi connectivity index (χ4v) is 5.81. The Balaban J connectivity index is 1.60. The molecule has 2 N–H and O–H groups in total. The summed E-state index contributed by atoms with van der Waals surface area (Å²) in [6.45, 7) is 4.93. The third-order valence-electron chi connectivity index (χ3n) is 7.46. The molecule has 0 fully saturated rings. The summed E-state index contributed by atoms with van der Waals surface area (Å²) in [4.78, 5) is 7.74. The molecule has 5 rings (SSSR count). The van der Waals surface area contributed by atoms with Gasteiger partial charge in [-0.3, -0.25) is 4.90 Å². The van der Waals surface area contributed by atoms with E-state index in [-0.39, 0.29) is 4.90 Å². The number of aromatic nitrogens is 2. The van der Waals surface area contributed by atoms with Crippen LogP contribution in [-0.2, 0) is 36.2 Å². The average Bonchev–Trinajstić information content (AvgIpc) is 3.38. The molecule has 7 nitrogen and oxygen atoms in total. The van der Waals surface area contributed by atoms with E-state index < -0.39 is 10.0 Å². The fraction of sp³-hybridized carbons (Fsp3) is 0.229. The molecule has 0 aliphatic carbocycles. The minimum atomic E-state index is -3.77. The van der Waals surface area contributed by atoms with Gasteiger partial charge in [0.15, 0.2) is 0 Å². The Labute approximate surface area is 254 Å². The minimum absolute atomic E-state index is 0.104. The molecule has 0 saturated carbocycles. The standard InChI is InChI=1S/C35H38N4O3S/c1-3-4-22-39-33(34(29-13-7-5-8-14-29)37-35(39)30-15-9-6-10-16-30)26-38(25-28-12-11-17-31(23-28)42-2)24-27-18-20-32(21-19-27)43(36,40)41/h5-21,23H,3-4,22,24-26H2,1-2H3,(H2,36,40,41). The molecule has 4 aromatic carbocycles. The monoisotopic (exact) mass is 594 g/mol. The van der Waals surface area contributed by atoms with Crippen LogP contribution in [-0.4, -0.2) is 30.0 Å². The first kappa shape index (κ1) is 30.2. The van der Waals surface area contributed by atoms with Crippen molar-refractivity contribution in [2.24, 2.45) is 5.14 Å². The van der Waals surface area contributed by atoms with E-state index in [1.807, 2.05) is 48.5 Å². The third-order valence-corrected chi connectivity index (χ3v) is 8.39. The van der Waals surface area contributed by atoms with Crippen LogP contribution in [0.15, 0.2) is 114 Å². The van der Waals surface area contributed by atoms with Gasteiger partial charge in [0.05, 0.1) is 23.4 Å². The molecule has 0 spiro atoms. The lowest BCUT2D eigenvalue weighted by Crippen LogP contribution is -2.25. The molecular weight excluding hydrogens is 556 g/mol. The quantitative estimate of drug-likeness (QED) is 0.161. The molecule has 43 heavy (non-hydrogen) atoms. The molecule has 8 heteroatoms. The Bertz CT molecular complexity index is 1740. The molecule has 0 aliphatic rings. The lowest BCUT2D eigenvalue weighted by molar-refractivity contribution is 0.241. The van der Waals surface area contributed by atoms with Gasteiger partial charge in [0.2, 0.25) is 10.0 Å². The maximum absolute atomic E-state index is 11.9. The van der Waals surface area contributed by atoms with Crippen molar-refractivity contribution in [1.29, 1.82) is 0 Å². The third kappa shape index (κ3) is 7.59. The molecule has 222 valence electrons. The van der Waals surface area contributed by atoms with Crippen molar-refractivity contribution in [1.82, 2.24) is 14.5 Å². The molecule has 0 unspecified atom stereocenters. The summed E-state index contributed by atoms with van der Waals surface area (Å²) in [6, 6.07) is 35.6. The largest absolute Gasteiger partial charge is 0.497 e. The smallest absolute Gasteiger partial charge is 0.238 e. The van der Waals surface area contributed by atoms with E-state index in [4.69, 9.17) is 14.9 Å². The number of unbranched alkanes of at least 4 members (excludes halogenated alkanes) is 1. The summed E-state index contributed by atoms with van der Waals surface area (Å²) in [5.74, 6) is 1.76. The highest BCUT2D eigenvalue weighted by atomic mass is 32.2. The van der Waals surface area contributed by atoms with Crippen LogP contribution in [0.25, 0.3) is 22.6 Å². The van der Waals surface area contributed by atoms with Gasteiger partial charge in [-0.1, -0.05) is 98.3 Å². The first-order valence-electron chi connectivity index (χ1n) is 14.5. The van der Waals surface area contributed by atoms with Crippen molar-refractivity contribution in [3.63, 3.8) is 0 Å². The summed E-state index contributed by atoms with van der Waals surface area (Å²) >= 11 is 0. The van der Waals surface area contributed by atoms with E-state index in [1.54, 1.807) is 19.2 Å². The van der Waals surface area contributed by atoms with Crippen molar-refractivity contribution in [3.05, 3.63) is 126 Å². The highest BCUT2D eigenvalue weighted by Crippen LogP contribution is 2.32. The van der Waals surface area contributed by atoms with Gasteiger partial charge in [0, 0.05) is 37.3 Å². The second-order valence-corrected chi connectivity index (χ2v) is 12.2. The van der Waals surface area contributed by atoms with Gasteiger partial charge in [0.25, 0.3) is 0 Å². The molecule has 0 atom stereocenters. The van der Waals surface area contributed by atoms with Crippen molar-refractivity contribution < 1.29 is 13.2 Å². The Morgan fingerprint density at radius 2 is 1.44 bits per heavy atom. The lowest BCUT2D eigenvalue weighted by atomic mass is 10.1. The number of primary sulfonamides is 1. The van der Waals surface area contributed by atoms with Gasteiger partial charge in [-0.2, -0.15) is 0 Å². The zero-order chi connectivity index (χ0) is 30.2. The maximum atomic E-state index is 11.9. The van der Waals surface area contributed by atoms with Gasteiger partial charge in [-0.15, -0.1) is 0 Å². The number of hydrogen-bond donors (Lipinski definition) is 1. The van der Waals surface area contributed by atoms with Crippen LogP contribution < -0.4 is 9.88 Å². The highest BCUT2D eigenvalue weighted by Gasteiger charge is 2.22. The van der Waals surface area contributed by atoms with E-state index >= 15 is 0 Å². The molecule has 5 aromatic rings. The molecule has 0 aliphatic heterocycles. The normalized spacial score (nSPS) is 11.6. The van der Waals surface area contributed by atoms with E-state index in [0.717, 1.165) is 64.6 Å². The van der Waals surface area contributed by atoms with Gasteiger partial charge in [-0.25, -0.2) is 18.5 Å². The van der Waals surface area contributed by atoms with Crippen LogP contribution in [0.4, 0.5) is 0 Å². The number of nitrogens with two attached hydrogens (primary N) is 1. The van der Waals surface area contributed by atoms with E-state index in [9.17, 15) is 8.42 Å². The molecule has 0 amide bonds. The molecule has 1 heterocycles. The number of benzene rings is 4. The summed E-state index contributed by atoms with van der Waals surface area (Å²) < 4.78 is 31.6. The van der Waals surface area contributed by atoms with Crippen molar-refractivity contribution in [2.45, 2.75) is 50.8 Å². The summed E-state index contributed by atoms with van der Waals surface area (Å²) in [5.41, 5.74) is 6.37. The number of imidazole rings is 1. The number of nitrogens with zero attached hydrogens (tertiary/aromatic N) is 3. The van der Waals surface area contributed by atoms with E-state index in [2.05, 4.69) is 64.9 Å². The highest BCUT2D eigenvalue weighted by molar-refractivity contribution is 7.89. The van der Waals surface area contributed by atoms with Crippen LogP contribution in [0.3, 0.4) is 0 Å². The van der Waals surface area contributed by atoms with Crippen LogP contribution in [0.2, 0.25) is 0 Å². The van der Waals surface area contributed by atoms with Crippen LogP contribution in [0.1, 0.15) is 36.6 Å². The first-order valence-corrected chi connectivity index (χ1v) is 16.1. The minimum Gasteiger partial charge on any atom is -0.497 e. The van der Waals surface area contributed by atoms with Gasteiger partial charge < -0.3 is 9.30 Å². The van der Waals surface area contributed by atoms with Crippen molar-refractivity contribution in [2.75, 3.05) is 7.11 Å². The van der Waals surface area contributed by atoms with Crippen LogP contribution in [0.5, 0.6) is 5.75 Å². The predicted octanol–water partition coefficient (Wildman–Crippen LogP) is 6.88. The van der Waals surface area contributed by atoms with Crippen LogP contribution >= 0.6 is 0 Å². The molecule has 0 saturated heterocycles. The summed E-state index contributed by atoms with van der Waals surface area (Å²) in [6.07, 6.45) is 2.10. The molecule has 1 aromatic heterocycles. The Morgan fingerprint density at radius 3 is 2.07 bits per heavy atom. The Kier molecular flexibility index (Phi) is 9.72. The molecule has 0 bridgehead atoms. The van der Waals surface area contributed by atoms with Gasteiger partial charge >= 0.3 is 0 Å². The van der Waals surface area contributed by atoms with Crippen LogP contribution in [0, 0.1) is 0 Å². The summed E-state index contributed by atoms with van der Waals surface area (Å²) in [5, 5.41) is 5.36. The predicted molar refractivity (Wildman–Crippen MR) is 172 cm³/mol. The zero-order valence-corrected chi connectivity index (χ0v) is 25.5. The average molecular weight is 595 g/mol. The van der Waals surface area contributed by atoms with E-state index in [1.165, 1.54) is 0 Å². The SMILES string of the molecule is CCCCn1c(-c2ccccc2)nc(-c2ccccc2)c1CN(Cc1ccc(S(N)(=O)=O)cc1)Cc1cccc(OC)c1. The Morgan fingerprint density at radius 1 is 0.791 bits per heavy atom. The number of ether oxygens (including phenoxy) is 1. The number of sulfonamides is 1. The van der Waals surface area contributed by atoms with Crippen molar-refractivity contribution >= 4 is 10.0 Å². The molecule has 0 radical (unpaired) electrons. The summed E-state index contributed by atoms with van der Waals surface area (Å²) in [7, 11) is -2.09. The fourth-order valence-electron chi connectivity index (χ4n) is 5.29. The second-order valence-electron chi connectivity index (χ2n) is 10.7. The second kappa shape index (κ2) is 13.8.